The Kier molecular flexibility index (Phi) is 54.7. The third-order valence-corrected chi connectivity index (χ3v) is 22.6. The number of nitrogens with zero attached hydrogens (tertiary/aromatic N) is 8. The lowest BCUT2D eigenvalue weighted by atomic mass is 9.83. The normalized spacial score (nSPS) is 15.1. The van der Waals surface area contributed by atoms with Crippen LogP contribution in [0.4, 0.5) is 10.5 Å². The fourth-order valence-electron chi connectivity index (χ4n) is 14.7. The molecule has 1 aliphatic heterocycles. The number of hydrogen-bond acceptors (Lipinski definition) is 28. The smallest absolute Gasteiger partial charge is 0.410 e. The molecule has 11 atom stereocenters. The van der Waals surface area contributed by atoms with Gasteiger partial charge in [0.2, 0.25) is 29.5 Å². The van der Waals surface area contributed by atoms with Gasteiger partial charge in [0.1, 0.15) is 25.5 Å². The van der Waals surface area contributed by atoms with Crippen molar-refractivity contribution in [2.45, 2.75) is 213 Å². The third-order valence-electron chi connectivity index (χ3n) is 22.0. The molecular formula is C92H144N12O22S. The maximum Gasteiger partial charge on any atom is 0.410 e. The molecule has 5 rings (SSSR count). The van der Waals surface area contributed by atoms with Crippen LogP contribution in [-0.4, -0.2) is 301 Å². The molecule has 2 aromatic heterocycles. The fraction of sp³-hybridized carbons (Fsp3) is 0.685. The summed E-state index contributed by atoms with van der Waals surface area (Å²) in [5.74, 6) is 0.978. The molecule has 0 saturated carbocycles. The second kappa shape index (κ2) is 63.6. The number of carbonyl (C=O) groups excluding carboxylic acids is 9. The molecule has 4 aromatic rings. The van der Waals surface area contributed by atoms with Crippen molar-refractivity contribution in [3.05, 3.63) is 95.6 Å². The van der Waals surface area contributed by atoms with Crippen molar-refractivity contribution < 1.29 is 105 Å². The van der Waals surface area contributed by atoms with Crippen molar-refractivity contribution in [3.8, 4) is 11.8 Å². The number of methoxy groups -OCH3 is 2. The first-order valence-corrected chi connectivity index (χ1v) is 45.9. The number of rotatable bonds is 69. The Hall–Kier alpha value is -8.32. The first-order valence-electron chi connectivity index (χ1n) is 44.7. The van der Waals surface area contributed by atoms with E-state index in [9.17, 15) is 48.3 Å². The number of benzene rings is 2. The third kappa shape index (κ3) is 42.0. The topological polar surface area (TPSA) is 413 Å². The van der Waals surface area contributed by atoms with E-state index in [4.69, 9.17) is 62.6 Å². The number of Topliss-reactive ketones (excluding diaryl/α,β-unsaturated/α-hetero) is 3. The molecular weight excluding hydrogens is 1660 g/mol. The molecule has 0 radical (unpaired) electrons. The maximum absolute atomic E-state index is 14.9. The van der Waals surface area contributed by atoms with Crippen molar-refractivity contribution in [2.24, 2.45) is 41.2 Å². The van der Waals surface area contributed by atoms with E-state index >= 15 is 0 Å². The Bertz CT molecular complexity index is 3880. The molecule has 35 heteroatoms. The van der Waals surface area contributed by atoms with Crippen LogP contribution in [0.25, 0.3) is 0 Å². The summed E-state index contributed by atoms with van der Waals surface area (Å²) in [7, 11) is 6.23. The number of nitrogens with one attached hydrogen (secondary N) is 3. The Morgan fingerprint density at radius 1 is 0.669 bits per heavy atom. The molecule has 6 amide bonds. The molecule has 0 aliphatic carbocycles. The number of likely N-dealkylation sites (tertiary alicyclic amines) is 1. The van der Waals surface area contributed by atoms with Gasteiger partial charge in [-0.1, -0.05) is 133 Å². The number of carbonyl (C=O) groups is 9. The van der Waals surface area contributed by atoms with Crippen LogP contribution in [0.15, 0.2) is 78.3 Å². The number of likely N-dealkylation sites (N-methyl/N-ethyl adjacent to an activating group) is 2. The molecule has 0 spiro atoms. The van der Waals surface area contributed by atoms with Crippen LogP contribution in [-0.2, 0) is 115 Å². The number of aliphatic hydroxyl groups excluding tert-OH is 1. The van der Waals surface area contributed by atoms with Crippen LogP contribution in [0.2, 0.25) is 0 Å². The number of amides is 6. The van der Waals surface area contributed by atoms with Gasteiger partial charge >= 0.3 is 6.09 Å². The number of unbranched alkanes of at least 4 members (excludes halogenated alkanes) is 2. The number of ether oxygens (including phenoxy) is 12. The number of anilines is 1. The summed E-state index contributed by atoms with van der Waals surface area (Å²) in [6, 6.07) is 13.2. The second-order valence-corrected chi connectivity index (χ2v) is 33.2. The van der Waals surface area contributed by atoms with E-state index in [0.717, 1.165) is 5.56 Å². The van der Waals surface area contributed by atoms with Crippen molar-refractivity contribution in [1.82, 2.24) is 50.3 Å². The Labute approximate surface area is 755 Å². The predicted octanol–water partition coefficient (Wildman–Crippen LogP) is 8.45. The van der Waals surface area contributed by atoms with E-state index in [1.807, 2.05) is 66.0 Å². The van der Waals surface area contributed by atoms with E-state index < -0.39 is 66.3 Å². The summed E-state index contributed by atoms with van der Waals surface area (Å²) in [5.41, 5.74) is 8.89. The number of ketones is 3. The molecule has 1 fully saturated rings. The highest BCUT2D eigenvalue weighted by Gasteiger charge is 2.44. The van der Waals surface area contributed by atoms with E-state index in [-0.39, 0.29) is 110 Å². The maximum atomic E-state index is 14.9. The van der Waals surface area contributed by atoms with Crippen molar-refractivity contribution >= 4 is 70.4 Å². The molecule has 1 aliphatic rings. The Morgan fingerprint density at radius 3 is 1.83 bits per heavy atom. The van der Waals surface area contributed by atoms with Gasteiger partial charge in [0.15, 0.2) is 22.5 Å². The highest BCUT2D eigenvalue weighted by molar-refractivity contribution is 7.98. The van der Waals surface area contributed by atoms with Crippen molar-refractivity contribution in [3.63, 3.8) is 0 Å². The van der Waals surface area contributed by atoms with E-state index in [2.05, 4.69) is 48.1 Å². The summed E-state index contributed by atoms with van der Waals surface area (Å²) in [6.07, 6.45) is 9.50. The monoisotopic (exact) mass is 1800 g/mol. The summed E-state index contributed by atoms with van der Waals surface area (Å²) >= 11 is 1.47. The van der Waals surface area contributed by atoms with E-state index in [1.165, 1.54) is 37.9 Å². The van der Waals surface area contributed by atoms with Crippen LogP contribution in [0, 0.1) is 47.3 Å². The molecule has 127 heavy (non-hydrogen) atoms. The number of thioether (sulfide) groups is 1. The van der Waals surface area contributed by atoms with Gasteiger partial charge in [-0.2, -0.15) is 0 Å². The highest BCUT2D eigenvalue weighted by atomic mass is 32.2. The first-order chi connectivity index (χ1) is 61.2. The van der Waals surface area contributed by atoms with Crippen LogP contribution in [0.3, 0.4) is 0 Å². The average Bonchev–Trinajstić information content (AvgIpc) is 1.78. The number of aromatic nitrogens is 5. The molecule has 3 heterocycles. The van der Waals surface area contributed by atoms with Gasteiger partial charge < -0.3 is 98.3 Å². The second-order valence-electron chi connectivity index (χ2n) is 32.4. The quantitative estimate of drug-likeness (QED) is 0.0120. The lowest BCUT2D eigenvalue weighted by Crippen LogP contribution is -2.55. The molecule has 6 N–H and O–H groups in total. The van der Waals surface area contributed by atoms with Gasteiger partial charge in [-0.05, 0) is 99.3 Å². The standard InChI is InChI=1S/C92H144N12O22S/c1-14-67(6)85(81(115-11)57-83(109)104-37-23-30-79(104)87(116-12)68(7)88(111)97-69(8)86(110)72-26-18-16-19-27-72)101(9)90(113)78(65(2)3)56-80(107)84(66(4)5)102(10)92(114)126-62-70-32-34-74(35-33-70)98-89(112)73(28-21-22-36-93)55-77(106)64-125-63-76(105)29-24-39-117-41-43-119-45-47-121-49-51-123-53-54-124-52-50-122-48-46-120-44-42-118-40-38-103-61-75(99-100-103)60-94-82(108)31-20-15-17-25-71-58-95-91(127-13)96-59-71/h16,18-19,26-27,32-35,58-59,61,65-69,73,78-79,81,84-87,110H,14-15,20-24,28-31,36-57,60,62-64,93H2,1-13H3,(H,94,108)(H,97,111)(H,98,112)/t67-,68+,69+,73+,78-,79-,81+,84-,85-,86+,87+/m0/s1. The minimum atomic E-state index is -0.953. The van der Waals surface area contributed by atoms with Gasteiger partial charge in [-0.25, -0.2) is 19.4 Å². The van der Waals surface area contributed by atoms with Crippen molar-refractivity contribution in [1.29, 1.82) is 0 Å². The summed E-state index contributed by atoms with van der Waals surface area (Å²) in [4.78, 5) is 136. The van der Waals surface area contributed by atoms with Gasteiger partial charge in [0.25, 0.3) is 0 Å². The number of aliphatic hydroxyl groups is 1. The van der Waals surface area contributed by atoms with Gasteiger partial charge in [-0.3, -0.25) is 38.4 Å². The van der Waals surface area contributed by atoms with Crippen LogP contribution in [0.1, 0.15) is 174 Å². The van der Waals surface area contributed by atoms with Gasteiger partial charge in [0.05, 0.1) is 179 Å². The molecule has 2 aromatic carbocycles. The zero-order valence-corrected chi connectivity index (χ0v) is 78.0. The predicted molar refractivity (Wildman–Crippen MR) is 479 cm³/mol. The number of nitrogens with two attached hydrogens (primary N) is 1. The van der Waals surface area contributed by atoms with Crippen LogP contribution < -0.4 is 21.7 Å². The molecule has 0 unspecified atom stereocenters. The minimum Gasteiger partial charge on any atom is -0.445 e. The average molecular weight is 1800 g/mol. The fourth-order valence-corrected chi connectivity index (χ4v) is 15.0. The van der Waals surface area contributed by atoms with Crippen molar-refractivity contribution in [2.75, 3.05) is 172 Å². The lowest BCUT2D eigenvalue weighted by molar-refractivity contribution is -0.149. The van der Waals surface area contributed by atoms with Crippen LogP contribution >= 0.6 is 11.8 Å². The lowest BCUT2D eigenvalue weighted by Gasteiger charge is -2.41. The Morgan fingerprint density at radius 2 is 1.27 bits per heavy atom. The molecule has 1 saturated heterocycles. The van der Waals surface area contributed by atoms with E-state index in [1.54, 1.807) is 90.4 Å². The summed E-state index contributed by atoms with van der Waals surface area (Å²) < 4.78 is 69.7. The zero-order chi connectivity index (χ0) is 92.7. The van der Waals surface area contributed by atoms with E-state index in [0.29, 0.717) is 224 Å². The summed E-state index contributed by atoms with van der Waals surface area (Å²) in [5, 5.41) is 28.6. The first kappa shape index (κ1) is 109. The van der Waals surface area contributed by atoms with Crippen LogP contribution in [0.5, 0.6) is 0 Å². The Balaban J connectivity index is 0.876. The van der Waals surface area contributed by atoms with Gasteiger partial charge in [0, 0.05) is 103 Å². The molecule has 0 bridgehead atoms. The SMILES string of the molecule is CC[C@H](C)[C@@H]([C@@H](CC(=O)N1CCC[C@H]1[C@H](OC)[C@@H](C)C(=O)N[C@H](C)[C@@H](O)c1ccccc1)OC)N(C)C(=O)[C@@H](CC(=O)[C@H](C(C)C)N(C)C(=O)OCc1ccc(NC(=O)[C@H](CCCCN)CC(=O)COCC(=O)CCCOCCOCCOCCOCCOCCOCCOCCOCCn2cc(CNC(=O)CCCC#Cc3cnc(SC)nc3)nn2)cc1)C(C)C. The molecule has 34 nitrogen and oxygen atoms in total. The minimum absolute atomic E-state index is 0.0637. The largest absolute Gasteiger partial charge is 0.445 e. The zero-order valence-electron chi connectivity index (χ0n) is 77.2. The molecule has 710 valence electrons. The summed E-state index contributed by atoms with van der Waals surface area (Å²) in [6.45, 7) is 22.3. The van der Waals surface area contributed by atoms with Gasteiger partial charge in [-0.15, -0.1) is 5.10 Å². The highest BCUT2D eigenvalue weighted by Crippen LogP contribution is 2.32. The number of hydrogen-bond donors (Lipinski definition) is 5.